The Morgan fingerprint density at radius 2 is 2.11 bits per heavy atom. The summed E-state index contributed by atoms with van der Waals surface area (Å²) in [5.74, 6) is 0.983. The number of nitrogens with zero attached hydrogens (tertiary/aromatic N) is 2. The number of rotatable bonds is 4. The molecular formula is C14H15N3O2. The number of aromatic nitrogens is 2. The fraction of sp³-hybridized carbons (Fsp3) is 0.357. The Bertz CT molecular complexity index is 545. The SMILES string of the molecule is O=C(NCc1ccc(-c2ncon2)cc1)C1CCC1. The summed E-state index contributed by atoms with van der Waals surface area (Å²) >= 11 is 0. The molecule has 0 radical (unpaired) electrons. The first-order valence-electron chi connectivity index (χ1n) is 6.46. The molecule has 2 aromatic rings. The lowest BCUT2D eigenvalue weighted by atomic mass is 9.85. The molecule has 19 heavy (non-hydrogen) atoms. The molecule has 1 heterocycles. The van der Waals surface area contributed by atoms with Crippen LogP contribution in [0.1, 0.15) is 24.8 Å². The Labute approximate surface area is 111 Å². The average Bonchev–Trinajstić information content (AvgIpc) is 2.89. The lowest BCUT2D eigenvalue weighted by Crippen LogP contribution is -2.33. The molecule has 1 N–H and O–H groups in total. The van der Waals surface area contributed by atoms with Gasteiger partial charge < -0.3 is 9.84 Å². The van der Waals surface area contributed by atoms with Gasteiger partial charge in [-0.2, -0.15) is 4.98 Å². The van der Waals surface area contributed by atoms with Gasteiger partial charge in [-0.3, -0.25) is 4.79 Å². The van der Waals surface area contributed by atoms with E-state index in [0.29, 0.717) is 12.4 Å². The maximum Gasteiger partial charge on any atom is 0.223 e. The number of carbonyl (C=O) groups excluding carboxylic acids is 1. The van der Waals surface area contributed by atoms with Gasteiger partial charge in [-0.25, -0.2) is 0 Å². The summed E-state index contributed by atoms with van der Waals surface area (Å²) in [6.07, 6.45) is 4.55. The topological polar surface area (TPSA) is 68.0 Å². The number of carbonyl (C=O) groups is 1. The molecular weight excluding hydrogens is 242 g/mol. The van der Waals surface area contributed by atoms with Crippen molar-refractivity contribution < 1.29 is 9.32 Å². The third-order valence-corrected chi connectivity index (χ3v) is 3.52. The molecule has 0 spiro atoms. The summed E-state index contributed by atoms with van der Waals surface area (Å²) < 4.78 is 4.71. The minimum atomic E-state index is 0.175. The molecule has 5 nitrogen and oxygen atoms in total. The van der Waals surface area contributed by atoms with Crippen molar-refractivity contribution in [1.29, 1.82) is 0 Å². The van der Waals surface area contributed by atoms with Gasteiger partial charge in [0.15, 0.2) is 0 Å². The van der Waals surface area contributed by atoms with Gasteiger partial charge >= 0.3 is 0 Å². The zero-order chi connectivity index (χ0) is 13.1. The smallest absolute Gasteiger partial charge is 0.223 e. The van der Waals surface area contributed by atoms with Gasteiger partial charge in [0.05, 0.1) is 0 Å². The van der Waals surface area contributed by atoms with E-state index in [2.05, 4.69) is 15.5 Å². The monoisotopic (exact) mass is 257 g/mol. The van der Waals surface area contributed by atoms with E-state index in [1.165, 1.54) is 12.8 Å². The molecule has 0 bridgehead atoms. The van der Waals surface area contributed by atoms with Crippen LogP contribution >= 0.6 is 0 Å². The van der Waals surface area contributed by atoms with E-state index in [0.717, 1.165) is 24.0 Å². The second kappa shape index (κ2) is 5.22. The molecule has 1 aliphatic carbocycles. The van der Waals surface area contributed by atoms with Crippen LogP contribution in [-0.4, -0.2) is 16.0 Å². The minimum absolute atomic E-state index is 0.175. The van der Waals surface area contributed by atoms with Gasteiger partial charge in [-0.15, -0.1) is 0 Å². The zero-order valence-corrected chi connectivity index (χ0v) is 10.5. The van der Waals surface area contributed by atoms with Crippen LogP contribution < -0.4 is 5.32 Å². The van der Waals surface area contributed by atoms with Crippen LogP contribution in [0.3, 0.4) is 0 Å². The van der Waals surface area contributed by atoms with Gasteiger partial charge in [0.1, 0.15) is 0 Å². The molecule has 1 fully saturated rings. The summed E-state index contributed by atoms with van der Waals surface area (Å²) in [7, 11) is 0. The minimum Gasteiger partial charge on any atom is -0.352 e. The lowest BCUT2D eigenvalue weighted by Gasteiger charge is -2.24. The van der Waals surface area contributed by atoms with E-state index >= 15 is 0 Å². The molecule has 1 aliphatic rings. The Hall–Kier alpha value is -2.17. The van der Waals surface area contributed by atoms with Gasteiger partial charge in [0, 0.05) is 18.0 Å². The highest BCUT2D eigenvalue weighted by molar-refractivity contribution is 5.79. The van der Waals surface area contributed by atoms with E-state index in [1.54, 1.807) is 0 Å². The highest BCUT2D eigenvalue weighted by atomic mass is 16.5. The predicted octanol–water partition coefficient (Wildman–Crippen LogP) is 2.15. The molecule has 0 saturated heterocycles. The lowest BCUT2D eigenvalue weighted by molar-refractivity contribution is -0.127. The van der Waals surface area contributed by atoms with Crippen LogP contribution in [0.2, 0.25) is 0 Å². The molecule has 1 aromatic carbocycles. The molecule has 0 aliphatic heterocycles. The van der Waals surface area contributed by atoms with Crippen molar-refractivity contribution in [3.8, 4) is 11.4 Å². The Morgan fingerprint density at radius 1 is 1.32 bits per heavy atom. The molecule has 1 aromatic heterocycles. The predicted molar refractivity (Wildman–Crippen MR) is 68.9 cm³/mol. The second-order valence-corrected chi connectivity index (χ2v) is 4.80. The standard InChI is InChI=1S/C14H15N3O2/c18-14(12-2-1-3-12)15-8-10-4-6-11(7-5-10)13-16-9-19-17-13/h4-7,9,12H,1-3,8H2,(H,15,18). The molecule has 1 amide bonds. The van der Waals surface area contributed by atoms with Crippen LogP contribution in [0.4, 0.5) is 0 Å². The van der Waals surface area contributed by atoms with Crippen LogP contribution in [0.15, 0.2) is 35.2 Å². The normalized spacial score (nSPS) is 14.9. The van der Waals surface area contributed by atoms with Crippen molar-refractivity contribution in [3.05, 3.63) is 36.2 Å². The fourth-order valence-electron chi connectivity index (χ4n) is 2.07. The van der Waals surface area contributed by atoms with E-state index in [4.69, 9.17) is 4.52 Å². The molecule has 1 saturated carbocycles. The summed E-state index contributed by atoms with van der Waals surface area (Å²) in [6, 6.07) is 7.78. The molecule has 98 valence electrons. The van der Waals surface area contributed by atoms with Crippen LogP contribution in [0, 0.1) is 5.92 Å². The number of benzene rings is 1. The van der Waals surface area contributed by atoms with E-state index < -0.39 is 0 Å². The zero-order valence-electron chi connectivity index (χ0n) is 10.5. The summed E-state index contributed by atoms with van der Waals surface area (Å²) in [5, 5.41) is 6.74. The second-order valence-electron chi connectivity index (χ2n) is 4.80. The van der Waals surface area contributed by atoms with Crippen LogP contribution in [0.25, 0.3) is 11.4 Å². The molecule has 0 atom stereocenters. The van der Waals surface area contributed by atoms with E-state index in [9.17, 15) is 4.79 Å². The maximum atomic E-state index is 11.7. The van der Waals surface area contributed by atoms with Crippen LogP contribution in [-0.2, 0) is 11.3 Å². The average molecular weight is 257 g/mol. The third kappa shape index (κ3) is 2.65. The van der Waals surface area contributed by atoms with Gasteiger partial charge in [0.2, 0.25) is 18.1 Å². The van der Waals surface area contributed by atoms with Crippen molar-refractivity contribution in [2.75, 3.05) is 0 Å². The highest BCUT2D eigenvalue weighted by Gasteiger charge is 2.24. The van der Waals surface area contributed by atoms with Crippen molar-refractivity contribution in [2.45, 2.75) is 25.8 Å². The Kier molecular flexibility index (Phi) is 3.27. The quantitative estimate of drug-likeness (QED) is 0.911. The fourth-order valence-corrected chi connectivity index (χ4v) is 2.07. The van der Waals surface area contributed by atoms with Gasteiger partial charge in [-0.05, 0) is 18.4 Å². The van der Waals surface area contributed by atoms with Crippen molar-refractivity contribution in [2.24, 2.45) is 5.92 Å². The van der Waals surface area contributed by atoms with Gasteiger partial charge in [-0.1, -0.05) is 35.8 Å². The number of nitrogens with one attached hydrogen (secondary N) is 1. The molecule has 3 rings (SSSR count). The maximum absolute atomic E-state index is 11.7. The first-order valence-corrected chi connectivity index (χ1v) is 6.46. The number of amides is 1. The Morgan fingerprint density at radius 3 is 2.68 bits per heavy atom. The van der Waals surface area contributed by atoms with Crippen molar-refractivity contribution in [3.63, 3.8) is 0 Å². The number of hydrogen-bond donors (Lipinski definition) is 1. The van der Waals surface area contributed by atoms with E-state index in [1.807, 2.05) is 24.3 Å². The largest absolute Gasteiger partial charge is 0.352 e. The van der Waals surface area contributed by atoms with E-state index in [-0.39, 0.29) is 11.8 Å². The van der Waals surface area contributed by atoms with Crippen LogP contribution in [0.5, 0.6) is 0 Å². The first-order chi connectivity index (χ1) is 9.33. The van der Waals surface area contributed by atoms with Gasteiger partial charge in [0.25, 0.3) is 0 Å². The number of hydrogen-bond acceptors (Lipinski definition) is 4. The van der Waals surface area contributed by atoms with Crippen molar-refractivity contribution in [1.82, 2.24) is 15.5 Å². The highest BCUT2D eigenvalue weighted by Crippen LogP contribution is 2.26. The summed E-state index contributed by atoms with van der Waals surface area (Å²) in [4.78, 5) is 15.7. The molecule has 5 heteroatoms. The first kappa shape index (κ1) is 11.9. The van der Waals surface area contributed by atoms with Crippen molar-refractivity contribution >= 4 is 5.91 Å². The third-order valence-electron chi connectivity index (χ3n) is 3.52. The molecule has 0 unspecified atom stereocenters. The Balaban J connectivity index is 1.58. The summed E-state index contributed by atoms with van der Waals surface area (Å²) in [6.45, 7) is 0.571. The summed E-state index contributed by atoms with van der Waals surface area (Å²) in [5.41, 5.74) is 1.97.